The summed E-state index contributed by atoms with van der Waals surface area (Å²) in [6, 6.07) is -0.981. The molecule has 0 bridgehead atoms. The molecular weight excluding hydrogens is 1060 g/mol. The highest BCUT2D eigenvalue weighted by molar-refractivity contribution is 5.76. The van der Waals surface area contributed by atoms with Crippen molar-refractivity contribution in [3.63, 3.8) is 0 Å². The van der Waals surface area contributed by atoms with Crippen LogP contribution in [0.25, 0.3) is 0 Å². The maximum Gasteiger partial charge on any atom is 0.220 e. The Bertz CT molecular complexity index is 1820. The molecule has 3 fully saturated rings. The predicted molar refractivity (Wildman–Crippen MR) is 314 cm³/mol. The van der Waals surface area contributed by atoms with Crippen LogP contribution in [-0.4, -0.2) is 193 Å². The monoisotopic (exact) mass is 1170 g/mol. The van der Waals surface area contributed by atoms with Gasteiger partial charge < -0.3 is 89.9 Å². The molecule has 12 N–H and O–H groups in total. The summed E-state index contributed by atoms with van der Waals surface area (Å²) in [7, 11) is 0. The number of ether oxygens (including phenoxy) is 6. The van der Waals surface area contributed by atoms with E-state index in [-0.39, 0.29) is 18.9 Å². The fraction of sp³-hybridized carbons (Fsp3) is 0.762. The number of hydrogen-bond donors (Lipinski definition) is 12. The lowest BCUT2D eigenvalue weighted by Crippen LogP contribution is -2.66. The molecule has 0 aromatic heterocycles. The maximum absolute atomic E-state index is 13.3. The Balaban J connectivity index is 1.43. The number of hydrogen-bond acceptors (Lipinski definition) is 18. The quantitative estimate of drug-likeness (QED) is 0.0247. The van der Waals surface area contributed by atoms with Gasteiger partial charge in [-0.05, 0) is 70.6 Å². The predicted octanol–water partition coefficient (Wildman–Crippen LogP) is 5.98. The lowest BCUT2D eigenvalue weighted by atomic mass is 9.96. The number of unbranched alkanes of at least 4 members (excludes halogenated alkanes) is 16. The highest BCUT2D eigenvalue weighted by Crippen LogP contribution is 2.33. The SMILES string of the molecule is CC/C=C\C/C=C\C/C=C\C/C=C\C/C=C\C/C=C\CCCCCCCCCCC(=O)NC(COC1OC(CO)C(OC2OC(CO)C(OC3OC(CO)C(O)C(O)C3O)C(O)C2O)C(O)C1O)C(O)/C=C/CCCCCCCCCC. The first-order valence-electron chi connectivity index (χ1n) is 30.8. The summed E-state index contributed by atoms with van der Waals surface area (Å²) in [4.78, 5) is 13.3. The highest BCUT2D eigenvalue weighted by atomic mass is 16.8. The molecule has 3 saturated heterocycles. The first-order valence-corrected chi connectivity index (χ1v) is 30.8. The minimum absolute atomic E-state index is 0.228. The van der Waals surface area contributed by atoms with Crippen molar-refractivity contribution < 1.29 is 89.4 Å². The largest absolute Gasteiger partial charge is 0.394 e. The molecule has 3 aliphatic rings. The average Bonchev–Trinajstić information content (AvgIpc) is 3.64. The van der Waals surface area contributed by atoms with Crippen molar-refractivity contribution in [2.24, 2.45) is 0 Å². The van der Waals surface area contributed by atoms with Gasteiger partial charge in [0.05, 0.1) is 38.6 Å². The van der Waals surface area contributed by atoms with Crippen LogP contribution < -0.4 is 5.32 Å². The van der Waals surface area contributed by atoms with Crippen molar-refractivity contribution in [3.05, 3.63) is 85.1 Å². The first-order chi connectivity index (χ1) is 39.8. The second kappa shape index (κ2) is 45.3. The maximum atomic E-state index is 13.3. The fourth-order valence-electron chi connectivity index (χ4n) is 9.90. The van der Waals surface area contributed by atoms with E-state index in [0.29, 0.717) is 6.42 Å². The molecule has 17 unspecified atom stereocenters. The topological polar surface area (TPSA) is 307 Å². The van der Waals surface area contributed by atoms with Crippen LogP contribution in [0.3, 0.4) is 0 Å². The molecule has 3 heterocycles. The molecule has 3 aliphatic heterocycles. The van der Waals surface area contributed by atoms with E-state index in [4.69, 9.17) is 28.4 Å². The van der Waals surface area contributed by atoms with Crippen LogP contribution in [0.15, 0.2) is 85.1 Å². The van der Waals surface area contributed by atoms with Crippen LogP contribution >= 0.6 is 0 Å². The highest BCUT2D eigenvalue weighted by Gasteiger charge is 2.53. The van der Waals surface area contributed by atoms with E-state index in [9.17, 15) is 61.0 Å². The van der Waals surface area contributed by atoms with Crippen LogP contribution in [0.1, 0.15) is 174 Å². The standard InChI is InChI=1S/C63H107NO18/c1-3-5-7-9-11-13-15-16-17-18-19-20-21-22-23-24-25-26-27-28-29-30-31-33-35-37-39-41-51(69)64-46(47(68)40-38-36-34-32-14-12-10-8-6-4-2)45-77-61-57(75)54(72)59(49(43-66)79-61)82-63-58(76)55(73)60(50(44-67)80-63)81-62-56(74)53(71)52(70)48(42-65)78-62/h5,7,11,13,16-17,19-20,22-23,25-26,38,40,46-50,52-63,65-68,70-76H,3-4,6,8-10,12,14-15,18,21,24,27-37,39,41-45H2,1-2H3,(H,64,69)/b7-5-,13-11-,17-16-,20-19-,23-22-,26-25-,40-38+. The molecule has 472 valence electrons. The minimum atomic E-state index is -1.98. The van der Waals surface area contributed by atoms with Gasteiger partial charge in [-0.1, -0.05) is 182 Å². The number of rotatable bonds is 44. The van der Waals surface area contributed by atoms with Crippen LogP contribution in [-0.2, 0) is 33.2 Å². The van der Waals surface area contributed by atoms with E-state index in [1.807, 2.05) is 6.08 Å². The molecular formula is C63H107NO18. The van der Waals surface area contributed by atoms with Crippen molar-refractivity contribution in [2.45, 2.75) is 279 Å². The van der Waals surface area contributed by atoms with Gasteiger partial charge in [0, 0.05) is 6.42 Å². The van der Waals surface area contributed by atoms with Gasteiger partial charge in [0.2, 0.25) is 5.91 Å². The van der Waals surface area contributed by atoms with E-state index in [1.54, 1.807) is 6.08 Å². The number of aliphatic hydroxyl groups is 11. The Morgan fingerprint density at radius 2 is 0.841 bits per heavy atom. The van der Waals surface area contributed by atoms with Gasteiger partial charge in [-0.3, -0.25) is 4.79 Å². The van der Waals surface area contributed by atoms with Gasteiger partial charge in [0.1, 0.15) is 73.2 Å². The van der Waals surface area contributed by atoms with Gasteiger partial charge in [-0.15, -0.1) is 0 Å². The number of amides is 1. The van der Waals surface area contributed by atoms with Gasteiger partial charge in [0.15, 0.2) is 18.9 Å². The first kappa shape index (κ1) is 73.2. The molecule has 0 aromatic rings. The summed E-state index contributed by atoms with van der Waals surface area (Å²) in [6.07, 6.45) is 28.6. The molecule has 3 rings (SSSR count). The Labute approximate surface area is 489 Å². The van der Waals surface area contributed by atoms with Crippen molar-refractivity contribution in [1.82, 2.24) is 5.32 Å². The smallest absolute Gasteiger partial charge is 0.220 e. The molecule has 0 spiro atoms. The second-order valence-electron chi connectivity index (χ2n) is 21.8. The normalized spacial score (nSPS) is 30.2. The van der Waals surface area contributed by atoms with E-state index in [2.05, 4.69) is 92.1 Å². The van der Waals surface area contributed by atoms with E-state index >= 15 is 0 Å². The van der Waals surface area contributed by atoms with Gasteiger partial charge in [0.25, 0.3) is 0 Å². The number of allylic oxidation sites excluding steroid dienone is 13. The zero-order chi connectivity index (χ0) is 59.7. The third kappa shape index (κ3) is 28.4. The number of carbonyl (C=O) groups excluding carboxylic acids is 1. The molecule has 82 heavy (non-hydrogen) atoms. The Kier molecular flexibility index (Phi) is 40.5. The Morgan fingerprint density at radius 1 is 0.451 bits per heavy atom. The summed E-state index contributed by atoms with van der Waals surface area (Å²) in [6.45, 7) is 1.55. The molecule has 1 amide bonds. The fourth-order valence-corrected chi connectivity index (χ4v) is 9.90. The molecule has 0 aliphatic carbocycles. The summed E-state index contributed by atoms with van der Waals surface area (Å²) in [5, 5.41) is 120. The van der Waals surface area contributed by atoms with Crippen LogP contribution in [0, 0.1) is 0 Å². The summed E-state index contributed by atoms with van der Waals surface area (Å²) in [5.74, 6) is -0.291. The van der Waals surface area contributed by atoms with E-state index in [1.165, 1.54) is 44.9 Å². The minimum Gasteiger partial charge on any atom is -0.394 e. The van der Waals surface area contributed by atoms with E-state index < -0.39 is 124 Å². The van der Waals surface area contributed by atoms with Crippen LogP contribution in [0.2, 0.25) is 0 Å². The molecule has 0 saturated carbocycles. The third-order valence-corrected chi connectivity index (χ3v) is 14.9. The van der Waals surface area contributed by atoms with Gasteiger partial charge in [-0.2, -0.15) is 0 Å². The lowest BCUT2D eigenvalue weighted by molar-refractivity contribution is -0.379. The van der Waals surface area contributed by atoms with Crippen molar-refractivity contribution in [2.75, 3.05) is 26.4 Å². The molecule has 0 radical (unpaired) electrons. The lowest BCUT2D eigenvalue weighted by Gasteiger charge is -2.48. The molecule has 0 aromatic carbocycles. The van der Waals surface area contributed by atoms with Gasteiger partial charge in [-0.25, -0.2) is 0 Å². The zero-order valence-corrected chi connectivity index (χ0v) is 49.2. The number of nitrogens with one attached hydrogen (secondary N) is 1. The van der Waals surface area contributed by atoms with Crippen molar-refractivity contribution >= 4 is 5.91 Å². The summed E-state index contributed by atoms with van der Waals surface area (Å²) >= 11 is 0. The van der Waals surface area contributed by atoms with Gasteiger partial charge >= 0.3 is 0 Å². The number of aliphatic hydroxyl groups excluding tert-OH is 11. The Hall–Kier alpha value is -3.03. The van der Waals surface area contributed by atoms with Crippen molar-refractivity contribution in [1.29, 1.82) is 0 Å². The summed E-state index contributed by atoms with van der Waals surface area (Å²) < 4.78 is 34.2. The Morgan fingerprint density at radius 3 is 1.32 bits per heavy atom. The molecule has 19 nitrogen and oxygen atoms in total. The summed E-state index contributed by atoms with van der Waals surface area (Å²) in [5.41, 5.74) is 0. The van der Waals surface area contributed by atoms with E-state index in [0.717, 1.165) is 103 Å². The second-order valence-corrected chi connectivity index (χ2v) is 21.8. The molecule has 19 heteroatoms. The van der Waals surface area contributed by atoms with Crippen LogP contribution in [0.5, 0.6) is 0 Å². The van der Waals surface area contributed by atoms with Crippen LogP contribution in [0.4, 0.5) is 0 Å². The third-order valence-electron chi connectivity index (χ3n) is 14.9. The number of carbonyl (C=O) groups is 1. The zero-order valence-electron chi connectivity index (χ0n) is 49.2. The van der Waals surface area contributed by atoms with Crippen molar-refractivity contribution in [3.8, 4) is 0 Å². The molecule has 17 atom stereocenters. The average molecular weight is 1170 g/mol.